The number of aromatic nitrogens is 1. The zero-order valence-electron chi connectivity index (χ0n) is 11.4. The minimum atomic E-state index is -0.247. The number of hydrogen-bond acceptors (Lipinski definition) is 4. The minimum absolute atomic E-state index is 0.247. The molecule has 100 valence electrons. The van der Waals surface area contributed by atoms with E-state index in [2.05, 4.69) is 41.8 Å². The number of carbonyl (C=O) groups excluding carboxylic acids is 1. The summed E-state index contributed by atoms with van der Waals surface area (Å²) in [6.45, 7) is 4.22. The van der Waals surface area contributed by atoms with Crippen LogP contribution in [-0.2, 0) is 22.4 Å². The number of rotatable bonds is 4. The van der Waals surface area contributed by atoms with Crippen molar-refractivity contribution in [3.05, 3.63) is 51.0 Å². The number of methoxy groups -OCH3 is 1. The molecule has 0 N–H and O–H groups in total. The molecule has 2 rings (SSSR count). The van der Waals surface area contributed by atoms with Gasteiger partial charge in [0.05, 0.1) is 24.2 Å². The predicted octanol–water partition coefficient (Wildman–Crippen LogP) is 3.07. The van der Waals surface area contributed by atoms with E-state index in [1.165, 1.54) is 23.8 Å². The van der Waals surface area contributed by atoms with E-state index in [4.69, 9.17) is 0 Å². The van der Waals surface area contributed by atoms with Crippen LogP contribution in [0.2, 0.25) is 0 Å². The first-order valence-electron chi connectivity index (χ1n) is 6.14. The van der Waals surface area contributed by atoms with Crippen molar-refractivity contribution < 1.29 is 9.53 Å². The van der Waals surface area contributed by atoms with Crippen molar-refractivity contribution in [1.82, 2.24) is 4.98 Å². The molecule has 0 aliphatic carbocycles. The zero-order valence-corrected chi connectivity index (χ0v) is 12.2. The monoisotopic (exact) mass is 275 g/mol. The highest BCUT2D eigenvalue weighted by molar-refractivity contribution is 7.09. The van der Waals surface area contributed by atoms with Gasteiger partial charge in [-0.2, -0.15) is 0 Å². The Morgan fingerprint density at radius 3 is 2.79 bits per heavy atom. The van der Waals surface area contributed by atoms with Crippen molar-refractivity contribution in [3.8, 4) is 0 Å². The van der Waals surface area contributed by atoms with Crippen LogP contribution < -0.4 is 0 Å². The molecule has 0 unspecified atom stereocenters. The number of ether oxygens (including phenoxy) is 1. The molecular weight excluding hydrogens is 258 g/mol. The van der Waals surface area contributed by atoms with Crippen molar-refractivity contribution in [1.29, 1.82) is 0 Å². The van der Waals surface area contributed by atoms with Crippen LogP contribution in [0.15, 0.2) is 23.6 Å². The number of nitrogens with zero attached hydrogens (tertiary/aromatic N) is 1. The van der Waals surface area contributed by atoms with Crippen molar-refractivity contribution in [2.45, 2.75) is 26.7 Å². The maximum Gasteiger partial charge on any atom is 0.311 e. The minimum Gasteiger partial charge on any atom is -0.469 e. The van der Waals surface area contributed by atoms with E-state index < -0.39 is 0 Å². The summed E-state index contributed by atoms with van der Waals surface area (Å²) in [5.74, 6) is -0.247. The summed E-state index contributed by atoms with van der Waals surface area (Å²) in [5, 5.41) is 2.95. The average Bonchev–Trinajstić information content (AvgIpc) is 2.81. The third-order valence-corrected chi connectivity index (χ3v) is 3.98. The fourth-order valence-corrected chi connectivity index (χ4v) is 2.65. The molecule has 0 atom stereocenters. The standard InChI is InChI=1S/C15H17NO2S/c1-10-4-5-12(6-11(10)2)7-14-16-13(9-19-14)8-15(17)18-3/h4-6,9H,7-8H2,1-3H3. The van der Waals surface area contributed by atoms with Crippen LogP contribution in [0.25, 0.3) is 0 Å². The van der Waals surface area contributed by atoms with Crippen LogP contribution in [0.4, 0.5) is 0 Å². The molecule has 3 nitrogen and oxygen atoms in total. The second-order valence-corrected chi connectivity index (χ2v) is 5.52. The Balaban J connectivity index is 2.07. The molecule has 0 saturated heterocycles. The molecule has 19 heavy (non-hydrogen) atoms. The Bertz CT molecular complexity index is 590. The van der Waals surface area contributed by atoms with E-state index in [0.717, 1.165) is 17.1 Å². The molecule has 0 saturated carbocycles. The van der Waals surface area contributed by atoms with Crippen LogP contribution in [-0.4, -0.2) is 18.1 Å². The van der Waals surface area contributed by atoms with Crippen molar-refractivity contribution in [2.75, 3.05) is 7.11 Å². The van der Waals surface area contributed by atoms with Gasteiger partial charge in [-0.25, -0.2) is 4.98 Å². The van der Waals surface area contributed by atoms with E-state index in [1.54, 1.807) is 11.3 Å². The number of esters is 1. The Morgan fingerprint density at radius 1 is 1.32 bits per heavy atom. The lowest BCUT2D eigenvalue weighted by molar-refractivity contribution is -0.139. The van der Waals surface area contributed by atoms with Gasteiger partial charge in [-0.3, -0.25) is 4.79 Å². The summed E-state index contributed by atoms with van der Waals surface area (Å²) in [5.41, 5.74) is 4.64. The normalized spacial score (nSPS) is 10.5. The molecule has 0 aliphatic rings. The fraction of sp³-hybridized carbons (Fsp3) is 0.333. The highest BCUT2D eigenvalue weighted by atomic mass is 32.1. The molecule has 0 amide bonds. The molecule has 0 aliphatic heterocycles. The quantitative estimate of drug-likeness (QED) is 0.805. The van der Waals surface area contributed by atoms with Crippen molar-refractivity contribution in [2.24, 2.45) is 0 Å². The largest absolute Gasteiger partial charge is 0.469 e. The number of aryl methyl sites for hydroxylation is 2. The van der Waals surface area contributed by atoms with E-state index >= 15 is 0 Å². The third-order valence-electron chi connectivity index (χ3n) is 3.08. The molecule has 2 aromatic rings. The van der Waals surface area contributed by atoms with Gasteiger partial charge in [0.25, 0.3) is 0 Å². The van der Waals surface area contributed by atoms with Crippen molar-refractivity contribution in [3.63, 3.8) is 0 Å². The summed E-state index contributed by atoms with van der Waals surface area (Å²) in [6.07, 6.45) is 1.06. The first-order chi connectivity index (χ1) is 9.08. The second kappa shape index (κ2) is 5.97. The van der Waals surface area contributed by atoms with Gasteiger partial charge in [0.1, 0.15) is 0 Å². The predicted molar refractivity (Wildman–Crippen MR) is 76.6 cm³/mol. The van der Waals surface area contributed by atoms with Crippen LogP contribution >= 0.6 is 11.3 Å². The first-order valence-corrected chi connectivity index (χ1v) is 7.02. The van der Waals surface area contributed by atoms with Gasteiger partial charge < -0.3 is 4.74 Å². The van der Waals surface area contributed by atoms with Gasteiger partial charge in [-0.05, 0) is 30.5 Å². The molecule has 0 bridgehead atoms. The van der Waals surface area contributed by atoms with E-state index in [1.807, 2.05) is 5.38 Å². The maximum absolute atomic E-state index is 11.2. The fourth-order valence-electron chi connectivity index (χ4n) is 1.82. The third kappa shape index (κ3) is 3.64. The molecule has 0 fully saturated rings. The van der Waals surface area contributed by atoms with Crippen LogP contribution in [0.5, 0.6) is 0 Å². The average molecular weight is 275 g/mol. The summed E-state index contributed by atoms with van der Waals surface area (Å²) < 4.78 is 4.64. The molecule has 1 aromatic carbocycles. The first kappa shape index (κ1) is 13.7. The molecular formula is C15H17NO2S. The molecule has 1 aromatic heterocycles. The van der Waals surface area contributed by atoms with Gasteiger partial charge in [0.2, 0.25) is 0 Å². The molecule has 1 heterocycles. The lowest BCUT2D eigenvalue weighted by Crippen LogP contribution is -2.04. The summed E-state index contributed by atoms with van der Waals surface area (Å²) >= 11 is 1.59. The Labute approximate surface area is 117 Å². The molecule has 4 heteroatoms. The Hall–Kier alpha value is -1.68. The van der Waals surface area contributed by atoms with Crippen LogP contribution in [0, 0.1) is 13.8 Å². The van der Waals surface area contributed by atoms with E-state index in [0.29, 0.717) is 0 Å². The van der Waals surface area contributed by atoms with E-state index in [-0.39, 0.29) is 12.4 Å². The SMILES string of the molecule is COC(=O)Cc1csc(Cc2ccc(C)c(C)c2)n1. The summed E-state index contributed by atoms with van der Waals surface area (Å²) in [7, 11) is 1.39. The van der Waals surface area contributed by atoms with Gasteiger partial charge in [0.15, 0.2) is 0 Å². The maximum atomic E-state index is 11.2. The smallest absolute Gasteiger partial charge is 0.311 e. The number of thiazole rings is 1. The van der Waals surface area contributed by atoms with Crippen LogP contribution in [0.3, 0.4) is 0 Å². The lowest BCUT2D eigenvalue weighted by atomic mass is 10.0. The second-order valence-electron chi connectivity index (χ2n) is 4.58. The number of carbonyl (C=O) groups is 1. The van der Waals surface area contributed by atoms with Gasteiger partial charge in [0, 0.05) is 11.8 Å². The molecule has 0 spiro atoms. The Kier molecular flexibility index (Phi) is 4.32. The number of benzene rings is 1. The molecule has 0 radical (unpaired) electrons. The topological polar surface area (TPSA) is 39.2 Å². The van der Waals surface area contributed by atoms with Gasteiger partial charge in [-0.1, -0.05) is 18.2 Å². The highest BCUT2D eigenvalue weighted by Crippen LogP contribution is 2.17. The van der Waals surface area contributed by atoms with Crippen molar-refractivity contribution >= 4 is 17.3 Å². The highest BCUT2D eigenvalue weighted by Gasteiger charge is 2.08. The summed E-state index contributed by atoms with van der Waals surface area (Å²) in [6, 6.07) is 6.45. The van der Waals surface area contributed by atoms with E-state index in [9.17, 15) is 4.79 Å². The summed E-state index contributed by atoms with van der Waals surface area (Å²) in [4.78, 5) is 15.6. The number of hydrogen-bond donors (Lipinski definition) is 0. The van der Waals surface area contributed by atoms with Gasteiger partial charge >= 0.3 is 5.97 Å². The van der Waals surface area contributed by atoms with Gasteiger partial charge in [-0.15, -0.1) is 11.3 Å². The zero-order chi connectivity index (χ0) is 13.8. The Morgan fingerprint density at radius 2 is 2.11 bits per heavy atom. The lowest BCUT2D eigenvalue weighted by Gasteiger charge is -2.03. The van der Waals surface area contributed by atoms with Crippen LogP contribution in [0.1, 0.15) is 27.4 Å².